The van der Waals surface area contributed by atoms with E-state index in [9.17, 15) is 4.79 Å². The van der Waals surface area contributed by atoms with Gasteiger partial charge in [-0.05, 0) is 32.6 Å². The molecule has 0 bridgehead atoms. The monoisotopic (exact) mass is 320 g/mol. The lowest BCUT2D eigenvalue weighted by molar-refractivity contribution is -0.152. The Morgan fingerprint density at radius 1 is 1.35 bits per heavy atom. The molecule has 1 unspecified atom stereocenters. The van der Waals surface area contributed by atoms with E-state index in [0.717, 1.165) is 44.5 Å². The van der Waals surface area contributed by atoms with Crippen LogP contribution in [0.4, 0.5) is 0 Å². The van der Waals surface area contributed by atoms with Crippen LogP contribution in [0.15, 0.2) is 6.20 Å². The van der Waals surface area contributed by atoms with Crippen molar-refractivity contribution in [3.63, 3.8) is 0 Å². The van der Waals surface area contributed by atoms with E-state index in [1.807, 2.05) is 16.5 Å². The fourth-order valence-electron chi connectivity index (χ4n) is 3.41. The molecule has 3 rings (SSSR count). The molecular weight excluding hydrogens is 292 g/mol. The van der Waals surface area contributed by atoms with E-state index in [4.69, 9.17) is 4.74 Å². The molecule has 2 saturated heterocycles. The van der Waals surface area contributed by atoms with Crippen molar-refractivity contribution in [3.05, 3.63) is 11.9 Å². The van der Waals surface area contributed by atoms with E-state index >= 15 is 0 Å². The first-order valence-electron chi connectivity index (χ1n) is 8.65. The minimum Gasteiger partial charge on any atom is -0.365 e. The van der Waals surface area contributed by atoms with Gasteiger partial charge in [0.15, 0.2) is 0 Å². The maximum absolute atomic E-state index is 12.7. The second kappa shape index (κ2) is 5.89. The number of nitrogens with zero attached hydrogens (tertiary/aromatic N) is 4. The Balaban J connectivity index is 1.60. The van der Waals surface area contributed by atoms with Crippen LogP contribution in [-0.2, 0) is 14.9 Å². The molecule has 0 aliphatic carbocycles. The highest BCUT2D eigenvalue weighted by Gasteiger charge is 2.41. The van der Waals surface area contributed by atoms with Gasteiger partial charge < -0.3 is 9.64 Å². The molecule has 6 heteroatoms. The summed E-state index contributed by atoms with van der Waals surface area (Å²) in [6.45, 7) is 10.6. The van der Waals surface area contributed by atoms with Crippen LogP contribution in [0.3, 0.4) is 0 Å². The molecule has 1 aromatic heterocycles. The molecule has 1 aromatic rings. The minimum atomic E-state index is -0.598. The fraction of sp³-hybridized carbons (Fsp3) is 0.824. The van der Waals surface area contributed by atoms with Crippen LogP contribution in [-0.4, -0.2) is 51.1 Å². The van der Waals surface area contributed by atoms with Crippen molar-refractivity contribution in [2.45, 2.75) is 70.4 Å². The average Bonchev–Trinajstić information content (AvgIpc) is 3.16. The maximum Gasteiger partial charge on any atom is 0.254 e. The molecule has 3 heterocycles. The summed E-state index contributed by atoms with van der Waals surface area (Å²) in [7, 11) is 0. The third kappa shape index (κ3) is 3.27. The van der Waals surface area contributed by atoms with Crippen molar-refractivity contribution >= 4 is 5.91 Å². The van der Waals surface area contributed by atoms with E-state index < -0.39 is 5.60 Å². The Kier molecular flexibility index (Phi) is 4.21. The second-order valence-electron chi connectivity index (χ2n) is 8.04. The number of carbonyl (C=O) groups excluding carboxylic acids is 1. The van der Waals surface area contributed by atoms with Crippen molar-refractivity contribution in [1.82, 2.24) is 19.9 Å². The van der Waals surface area contributed by atoms with Crippen LogP contribution < -0.4 is 0 Å². The molecule has 0 radical (unpaired) electrons. The van der Waals surface area contributed by atoms with Crippen molar-refractivity contribution in [2.24, 2.45) is 0 Å². The number of aromatic nitrogens is 3. The Labute approximate surface area is 138 Å². The third-order valence-corrected chi connectivity index (χ3v) is 5.08. The first-order valence-corrected chi connectivity index (χ1v) is 8.65. The number of amides is 1. The molecule has 2 aliphatic rings. The molecule has 128 valence electrons. The van der Waals surface area contributed by atoms with E-state index in [-0.39, 0.29) is 11.3 Å². The summed E-state index contributed by atoms with van der Waals surface area (Å²) < 4.78 is 7.67. The van der Waals surface area contributed by atoms with Gasteiger partial charge in [0.2, 0.25) is 0 Å². The number of hydrogen-bond acceptors (Lipinski definition) is 4. The van der Waals surface area contributed by atoms with Gasteiger partial charge in [0.1, 0.15) is 5.60 Å². The summed E-state index contributed by atoms with van der Waals surface area (Å²) in [4.78, 5) is 14.6. The topological polar surface area (TPSA) is 60.2 Å². The van der Waals surface area contributed by atoms with Gasteiger partial charge in [0.05, 0.1) is 11.7 Å². The van der Waals surface area contributed by atoms with Gasteiger partial charge in [-0.2, -0.15) is 0 Å². The second-order valence-corrected chi connectivity index (χ2v) is 8.04. The largest absolute Gasteiger partial charge is 0.365 e. The number of piperidine rings is 1. The molecule has 6 nitrogen and oxygen atoms in total. The molecule has 0 aromatic carbocycles. The smallest absolute Gasteiger partial charge is 0.254 e. The first-order chi connectivity index (χ1) is 10.8. The zero-order valence-corrected chi connectivity index (χ0v) is 14.7. The Hall–Kier alpha value is -1.43. The van der Waals surface area contributed by atoms with Crippen LogP contribution >= 0.6 is 0 Å². The predicted octanol–water partition coefficient (Wildman–Crippen LogP) is 2.31. The van der Waals surface area contributed by atoms with Crippen LogP contribution in [0.2, 0.25) is 0 Å². The third-order valence-electron chi connectivity index (χ3n) is 5.08. The van der Waals surface area contributed by atoms with Crippen LogP contribution in [0.25, 0.3) is 0 Å². The van der Waals surface area contributed by atoms with E-state index in [2.05, 4.69) is 37.3 Å². The average molecular weight is 320 g/mol. The minimum absolute atomic E-state index is 0.0172. The van der Waals surface area contributed by atoms with Gasteiger partial charge in [-0.1, -0.05) is 26.0 Å². The quantitative estimate of drug-likeness (QED) is 0.839. The normalized spacial score (nSPS) is 26.7. The molecule has 0 saturated carbocycles. The summed E-state index contributed by atoms with van der Waals surface area (Å²) in [5, 5.41) is 8.61. The molecule has 1 atom stereocenters. The predicted molar refractivity (Wildman–Crippen MR) is 87.2 cm³/mol. The molecule has 0 spiro atoms. The standard InChI is InChI=1S/C17H28N4O2/c1-16(2,3)14-12-21(19-18-14)13-6-9-20(10-7-13)15(22)17(4)8-5-11-23-17/h12-13H,5-11H2,1-4H3. The number of likely N-dealkylation sites (tertiary alicyclic amines) is 1. The molecule has 2 aliphatic heterocycles. The molecule has 0 N–H and O–H groups in total. The van der Waals surface area contributed by atoms with Crippen LogP contribution in [0, 0.1) is 0 Å². The lowest BCUT2D eigenvalue weighted by Gasteiger charge is -2.36. The number of rotatable bonds is 2. The van der Waals surface area contributed by atoms with Gasteiger partial charge in [-0.25, -0.2) is 4.68 Å². The van der Waals surface area contributed by atoms with Gasteiger partial charge in [-0.15, -0.1) is 5.10 Å². The van der Waals surface area contributed by atoms with Gasteiger partial charge in [0.25, 0.3) is 5.91 Å². The molecular formula is C17H28N4O2. The summed E-state index contributed by atoms with van der Waals surface area (Å²) >= 11 is 0. The molecule has 23 heavy (non-hydrogen) atoms. The number of carbonyl (C=O) groups is 1. The molecule has 2 fully saturated rings. The van der Waals surface area contributed by atoms with Crippen molar-refractivity contribution in [2.75, 3.05) is 19.7 Å². The first kappa shape index (κ1) is 16.4. The highest BCUT2D eigenvalue weighted by Crippen LogP contribution is 2.30. The highest BCUT2D eigenvalue weighted by molar-refractivity contribution is 5.85. The number of ether oxygens (including phenoxy) is 1. The summed E-state index contributed by atoms with van der Waals surface area (Å²) in [6.07, 6.45) is 5.73. The van der Waals surface area contributed by atoms with Crippen molar-refractivity contribution in [1.29, 1.82) is 0 Å². The van der Waals surface area contributed by atoms with Gasteiger partial charge >= 0.3 is 0 Å². The Bertz CT molecular complexity index is 561. The highest BCUT2D eigenvalue weighted by atomic mass is 16.5. The SMILES string of the molecule is CC1(C(=O)N2CCC(n3cc(C(C)(C)C)nn3)CC2)CCCO1. The van der Waals surface area contributed by atoms with Crippen molar-refractivity contribution < 1.29 is 9.53 Å². The maximum atomic E-state index is 12.7. The van der Waals surface area contributed by atoms with E-state index in [1.165, 1.54) is 0 Å². The van der Waals surface area contributed by atoms with Gasteiger partial charge in [0, 0.05) is 31.3 Å². The lowest BCUT2D eigenvalue weighted by atomic mass is 9.93. The van der Waals surface area contributed by atoms with E-state index in [0.29, 0.717) is 12.6 Å². The van der Waals surface area contributed by atoms with Gasteiger partial charge in [-0.3, -0.25) is 4.79 Å². The molecule has 1 amide bonds. The summed E-state index contributed by atoms with van der Waals surface area (Å²) in [6, 6.07) is 0.333. The van der Waals surface area contributed by atoms with Crippen LogP contribution in [0.1, 0.15) is 65.1 Å². The Morgan fingerprint density at radius 3 is 2.57 bits per heavy atom. The zero-order valence-electron chi connectivity index (χ0n) is 14.7. The van der Waals surface area contributed by atoms with Crippen LogP contribution in [0.5, 0.6) is 0 Å². The summed E-state index contributed by atoms with van der Waals surface area (Å²) in [5.74, 6) is 0.155. The zero-order chi connectivity index (χ0) is 16.7. The number of hydrogen-bond donors (Lipinski definition) is 0. The van der Waals surface area contributed by atoms with E-state index in [1.54, 1.807) is 0 Å². The Morgan fingerprint density at radius 2 is 2.04 bits per heavy atom. The fourth-order valence-corrected chi connectivity index (χ4v) is 3.41. The van der Waals surface area contributed by atoms with Crippen molar-refractivity contribution in [3.8, 4) is 0 Å². The summed E-state index contributed by atoms with van der Waals surface area (Å²) in [5.41, 5.74) is 0.436. The lowest BCUT2D eigenvalue weighted by Crippen LogP contribution is -2.49.